The van der Waals surface area contributed by atoms with Crippen molar-refractivity contribution in [3.8, 4) is 0 Å². The van der Waals surface area contributed by atoms with Gasteiger partial charge in [0.2, 0.25) is 0 Å². The van der Waals surface area contributed by atoms with Crippen molar-refractivity contribution >= 4 is 15.9 Å². The second-order valence-electron chi connectivity index (χ2n) is 5.59. The quantitative estimate of drug-likeness (QED) is 0.895. The van der Waals surface area contributed by atoms with Crippen LogP contribution < -0.4 is 5.73 Å². The van der Waals surface area contributed by atoms with Crippen molar-refractivity contribution in [3.63, 3.8) is 0 Å². The topological polar surface area (TPSA) is 26.0 Å². The van der Waals surface area contributed by atoms with Crippen molar-refractivity contribution in [2.45, 2.75) is 25.7 Å². The molecule has 2 rings (SSSR count). The predicted octanol–water partition coefficient (Wildman–Crippen LogP) is 4.28. The van der Waals surface area contributed by atoms with Crippen LogP contribution in [0.25, 0.3) is 0 Å². The van der Waals surface area contributed by atoms with Gasteiger partial charge in [0.1, 0.15) is 0 Å². The Bertz CT molecular complexity index is 526. The number of rotatable bonds is 4. The van der Waals surface area contributed by atoms with Gasteiger partial charge in [0.15, 0.2) is 0 Å². The SMILES string of the molecule is CC(C)(CN)c1ccc(Cc2ccc(Br)cc2)cc1. The predicted molar refractivity (Wildman–Crippen MR) is 85.5 cm³/mol. The Morgan fingerprint density at radius 2 is 1.37 bits per heavy atom. The maximum absolute atomic E-state index is 5.81. The van der Waals surface area contributed by atoms with Gasteiger partial charge in [0, 0.05) is 16.4 Å². The van der Waals surface area contributed by atoms with Crippen LogP contribution in [0.1, 0.15) is 30.5 Å². The fourth-order valence-electron chi connectivity index (χ4n) is 2.03. The molecule has 0 amide bonds. The molecule has 0 heterocycles. The maximum Gasteiger partial charge on any atom is 0.0175 e. The molecule has 0 saturated carbocycles. The van der Waals surface area contributed by atoms with E-state index in [-0.39, 0.29) is 5.41 Å². The Balaban J connectivity index is 2.13. The lowest BCUT2D eigenvalue weighted by molar-refractivity contribution is 0.539. The van der Waals surface area contributed by atoms with Crippen molar-refractivity contribution in [3.05, 3.63) is 69.7 Å². The van der Waals surface area contributed by atoms with E-state index < -0.39 is 0 Å². The minimum Gasteiger partial charge on any atom is -0.330 e. The zero-order valence-corrected chi connectivity index (χ0v) is 13.1. The summed E-state index contributed by atoms with van der Waals surface area (Å²) in [7, 11) is 0. The lowest BCUT2D eigenvalue weighted by Crippen LogP contribution is -2.27. The molecule has 1 nitrogen and oxygen atoms in total. The molecule has 0 aliphatic heterocycles. The normalized spacial score (nSPS) is 11.6. The average molecular weight is 318 g/mol. The number of hydrogen-bond acceptors (Lipinski definition) is 1. The van der Waals surface area contributed by atoms with Crippen molar-refractivity contribution in [1.82, 2.24) is 0 Å². The van der Waals surface area contributed by atoms with E-state index in [1.54, 1.807) is 0 Å². The molecular formula is C17H20BrN. The molecule has 0 radical (unpaired) electrons. The molecule has 2 aromatic rings. The van der Waals surface area contributed by atoms with Crippen molar-refractivity contribution < 1.29 is 0 Å². The van der Waals surface area contributed by atoms with Crippen LogP contribution >= 0.6 is 15.9 Å². The summed E-state index contributed by atoms with van der Waals surface area (Å²) in [5, 5.41) is 0. The van der Waals surface area contributed by atoms with Gasteiger partial charge in [0.25, 0.3) is 0 Å². The van der Waals surface area contributed by atoms with E-state index in [1.165, 1.54) is 16.7 Å². The number of hydrogen-bond donors (Lipinski definition) is 1. The van der Waals surface area contributed by atoms with E-state index in [4.69, 9.17) is 5.73 Å². The average Bonchev–Trinajstić information content (AvgIpc) is 2.42. The summed E-state index contributed by atoms with van der Waals surface area (Å²) in [6.07, 6.45) is 0.969. The monoisotopic (exact) mass is 317 g/mol. The first-order valence-electron chi connectivity index (χ1n) is 6.55. The van der Waals surface area contributed by atoms with Crippen LogP contribution in [0.15, 0.2) is 53.0 Å². The lowest BCUT2D eigenvalue weighted by atomic mass is 9.84. The minimum atomic E-state index is 0.0517. The Morgan fingerprint density at radius 1 is 0.895 bits per heavy atom. The van der Waals surface area contributed by atoms with Crippen LogP contribution in [0, 0.1) is 0 Å². The molecule has 0 aliphatic rings. The highest BCUT2D eigenvalue weighted by molar-refractivity contribution is 9.10. The molecule has 0 unspecified atom stereocenters. The van der Waals surface area contributed by atoms with E-state index in [0.717, 1.165) is 10.9 Å². The van der Waals surface area contributed by atoms with Gasteiger partial charge in [-0.3, -0.25) is 0 Å². The van der Waals surface area contributed by atoms with Gasteiger partial charge in [-0.25, -0.2) is 0 Å². The largest absolute Gasteiger partial charge is 0.330 e. The highest BCUT2D eigenvalue weighted by atomic mass is 79.9. The van der Waals surface area contributed by atoms with Crippen LogP contribution in [-0.2, 0) is 11.8 Å². The van der Waals surface area contributed by atoms with Gasteiger partial charge < -0.3 is 5.73 Å². The molecule has 0 fully saturated rings. The Morgan fingerprint density at radius 3 is 1.84 bits per heavy atom. The summed E-state index contributed by atoms with van der Waals surface area (Å²) in [6, 6.07) is 17.3. The third kappa shape index (κ3) is 3.68. The summed E-state index contributed by atoms with van der Waals surface area (Å²) >= 11 is 3.46. The fraction of sp³-hybridized carbons (Fsp3) is 0.294. The smallest absolute Gasteiger partial charge is 0.0175 e. The first-order chi connectivity index (χ1) is 9.01. The zero-order chi connectivity index (χ0) is 13.9. The summed E-state index contributed by atoms with van der Waals surface area (Å²) < 4.78 is 1.12. The van der Waals surface area contributed by atoms with Gasteiger partial charge in [-0.2, -0.15) is 0 Å². The number of halogens is 1. The Kier molecular flexibility index (Phi) is 4.43. The Hall–Kier alpha value is -1.12. The molecule has 0 saturated heterocycles. The van der Waals surface area contributed by atoms with Gasteiger partial charge >= 0.3 is 0 Å². The molecule has 2 N–H and O–H groups in total. The summed E-state index contributed by atoms with van der Waals surface area (Å²) in [5.41, 5.74) is 9.82. The second-order valence-corrected chi connectivity index (χ2v) is 6.50. The third-order valence-corrected chi connectivity index (χ3v) is 4.10. The molecule has 0 atom stereocenters. The highest BCUT2D eigenvalue weighted by Crippen LogP contribution is 2.23. The van der Waals surface area contributed by atoms with E-state index in [0.29, 0.717) is 6.54 Å². The van der Waals surface area contributed by atoms with Crippen LogP contribution in [0.4, 0.5) is 0 Å². The van der Waals surface area contributed by atoms with Gasteiger partial charge in [-0.15, -0.1) is 0 Å². The van der Waals surface area contributed by atoms with Crippen LogP contribution in [0.2, 0.25) is 0 Å². The molecule has 0 spiro atoms. The lowest BCUT2D eigenvalue weighted by Gasteiger charge is -2.23. The summed E-state index contributed by atoms with van der Waals surface area (Å²) in [5.74, 6) is 0. The van der Waals surface area contributed by atoms with E-state index in [9.17, 15) is 0 Å². The first kappa shape index (κ1) is 14.3. The Labute approximate surface area is 124 Å². The van der Waals surface area contributed by atoms with E-state index >= 15 is 0 Å². The van der Waals surface area contributed by atoms with Gasteiger partial charge in [-0.05, 0) is 35.2 Å². The summed E-state index contributed by atoms with van der Waals surface area (Å²) in [6.45, 7) is 5.02. The highest BCUT2D eigenvalue weighted by Gasteiger charge is 2.17. The van der Waals surface area contributed by atoms with E-state index in [1.807, 2.05) is 0 Å². The van der Waals surface area contributed by atoms with Crippen LogP contribution in [0.3, 0.4) is 0 Å². The molecule has 19 heavy (non-hydrogen) atoms. The number of benzene rings is 2. The zero-order valence-electron chi connectivity index (χ0n) is 11.5. The minimum absolute atomic E-state index is 0.0517. The maximum atomic E-state index is 5.81. The molecule has 2 aromatic carbocycles. The second kappa shape index (κ2) is 5.89. The van der Waals surface area contributed by atoms with Crippen molar-refractivity contribution in [1.29, 1.82) is 0 Å². The van der Waals surface area contributed by atoms with E-state index in [2.05, 4.69) is 78.3 Å². The van der Waals surface area contributed by atoms with Crippen LogP contribution in [-0.4, -0.2) is 6.54 Å². The number of nitrogens with two attached hydrogens (primary N) is 1. The first-order valence-corrected chi connectivity index (χ1v) is 7.34. The molecule has 2 heteroatoms. The fourth-order valence-corrected chi connectivity index (χ4v) is 2.29. The summed E-state index contributed by atoms with van der Waals surface area (Å²) in [4.78, 5) is 0. The molecule has 0 aromatic heterocycles. The van der Waals surface area contributed by atoms with Crippen LogP contribution in [0.5, 0.6) is 0 Å². The molecule has 0 aliphatic carbocycles. The van der Waals surface area contributed by atoms with Gasteiger partial charge in [-0.1, -0.05) is 66.2 Å². The van der Waals surface area contributed by atoms with Gasteiger partial charge in [0.05, 0.1) is 0 Å². The van der Waals surface area contributed by atoms with Crippen molar-refractivity contribution in [2.75, 3.05) is 6.54 Å². The standard InChI is InChI=1S/C17H20BrN/c1-17(2,12-19)15-7-3-13(4-8-15)11-14-5-9-16(18)10-6-14/h3-10H,11-12,19H2,1-2H3. The molecular weight excluding hydrogens is 298 g/mol. The third-order valence-electron chi connectivity index (χ3n) is 3.57. The molecule has 100 valence electrons. The van der Waals surface area contributed by atoms with Crippen molar-refractivity contribution in [2.24, 2.45) is 5.73 Å². The molecule has 0 bridgehead atoms.